The van der Waals surface area contributed by atoms with Crippen LogP contribution in [0.3, 0.4) is 0 Å². The molecule has 1 aliphatic heterocycles. The van der Waals surface area contributed by atoms with Gasteiger partial charge in [0.25, 0.3) is 0 Å². The molecule has 20 heavy (non-hydrogen) atoms. The van der Waals surface area contributed by atoms with Crippen LogP contribution >= 0.6 is 22.9 Å². The number of hydrogen-bond acceptors (Lipinski definition) is 4. The van der Waals surface area contributed by atoms with Crippen LogP contribution in [-0.2, 0) is 11.2 Å². The molecule has 1 unspecified atom stereocenters. The average molecular weight is 307 g/mol. The van der Waals surface area contributed by atoms with Crippen LogP contribution in [0.15, 0.2) is 23.6 Å². The van der Waals surface area contributed by atoms with Gasteiger partial charge < -0.3 is 4.74 Å². The summed E-state index contributed by atoms with van der Waals surface area (Å²) in [5, 5.41) is 2.25. The van der Waals surface area contributed by atoms with Gasteiger partial charge in [0.2, 0.25) is 5.78 Å². The first-order valence-corrected chi connectivity index (χ1v) is 7.39. The van der Waals surface area contributed by atoms with Crippen LogP contribution in [0.1, 0.15) is 26.4 Å². The third-order valence-electron chi connectivity index (χ3n) is 3.35. The van der Waals surface area contributed by atoms with Gasteiger partial charge in [-0.05, 0) is 30.0 Å². The number of ketones is 1. The Morgan fingerprint density at radius 3 is 3.00 bits per heavy atom. The molecule has 1 aromatic heterocycles. The molecule has 0 radical (unpaired) electrons. The smallest absolute Gasteiger partial charge is 0.204 e. The molecule has 2 heterocycles. The second-order valence-corrected chi connectivity index (χ2v) is 5.98. The lowest BCUT2D eigenvalue weighted by Crippen LogP contribution is -2.13. The summed E-state index contributed by atoms with van der Waals surface area (Å²) in [4.78, 5) is 24.0. The van der Waals surface area contributed by atoms with E-state index in [1.807, 2.05) is 11.4 Å². The summed E-state index contributed by atoms with van der Waals surface area (Å²) in [7, 11) is 0. The van der Waals surface area contributed by atoms with E-state index >= 15 is 0 Å². The minimum absolute atomic E-state index is 0.0922. The third kappa shape index (κ3) is 2.05. The van der Waals surface area contributed by atoms with Crippen LogP contribution in [-0.4, -0.2) is 18.2 Å². The largest absolute Gasteiger partial charge is 0.482 e. The van der Waals surface area contributed by atoms with E-state index in [0.717, 1.165) is 11.8 Å². The van der Waals surface area contributed by atoms with E-state index in [0.29, 0.717) is 33.2 Å². The predicted molar refractivity (Wildman–Crippen MR) is 78.1 cm³/mol. The maximum absolute atomic E-state index is 12.4. The molecule has 3 rings (SSSR count). The molecule has 1 aliphatic rings. The fourth-order valence-corrected chi connectivity index (χ4v) is 3.26. The third-order valence-corrected chi connectivity index (χ3v) is 4.70. The van der Waals surface area contributed by atoms with Gasteiger partial charge in [-0.1, -0.05) is 17.7 Å². The number of fused-ring (bicyclic) bond motifs is 1. The molecule has 0 spiro atoms. The fourth-order valence-electron chi connectivity index (χ4n) is 2.35. The molecule has 0 aliphatic carbocycles. The lowest BCUT2D eigenvalue weighted by molar-refractivity contribution is -0.113. The van der Waals surface area contributed by atoms with E-state index in [-0.39, 0.29) is 5.78 Å². The summed E-state index contributed by atoms with van der Waals surface area (Å²) < 4.78 is 5.53. The standard InChI is InChI=1S/C15H11ClO3S/c1-8-13(16)11(14(18)12-3-2-4-20-12)6-9-5-10(7-17)19-15(8)9/h2-4,6-7,10H,5H2,1H3. The molecule has 1 atom stereocenters. The summed E-state index contributed by atoms with van der Waals surface area (Å²) in [5.74, 6) is 0.542. The molecule has 0 bridgehead atoms. The normalized spacial score (nSPS) is 16.6. The van der Waals surface area contributed by atoms with Gasteiger partial charge in [-0.3, -0.25) is 9.59 Å². The Bertz CT molecular complexity index is 692. The number of carbonyl (C=O) groups is 2. The van der Waals surface area contributed by atoms with Gasteiger partial charge in [-0.2, -0.15) is 0 Å². The summed E-state index contributed by atoms with van der Waals surface area (Å²) >= 11 is 7.68. The van der Waals surface area contributed by atoms with Crippen molar-refractivity contribution in [2.24, 2.45) is 0 Å². The highest BCUT2D eigenvalue weighted by Gasteiger charge is 2.28. The van der Waals surface area contributed by atoms with E-state index in [4.69, 9.17) is 16.3 Å². The monoisotopic (exact) mass is 306 g/mol. The Hall–Kier alpha value is -1.65. The molecule has 2 aromatic rings. The zero-order chi connectivity index (χ0) is 14.3. The molecule has 0 saturated carbocycles. The molecule has 5 heteroatoms. The molecule has 102 valence electrons. The number of rotatable bonds is 3. The first-order valence-electron chi connectivity index (χ1n) is 6.14. The maximum atomic E-state index is 12.4. The Morgan fingerprint density at radius 1 is 1.55 bits per heavy atom. The van der Waals surface area contributed by atoms with Gasteiger partial charge in [0.05, 0.1) is 9.90 Å². The van der Waals surface area contributed by atoms with Crippen molar-refractivity contribution in [1.29, 1.82) is 0 Å². The molecule has 0 N–H and O–H groups in total. The summed E-state index contributed by atoms with van der Waals surface area (Å²) in [6.45, 7) is 1.81. The minimum atomic E-state index is -0.480. The number of ether oxygens (including phenoxy) is 1. The highest BCUT2D eigenvalue weighted by atomic mass is 35.5. The number of aldehydes is 1. The van der Waals surface area contributed by atoms with Crippen molar-refractivity contribution >= 4 is 35.0 Å². The van der Waals surface area contributed by atoms with Gasteiger partial charge in [-0.15, -0.1) is 11.3 Å². The molecule has 1 aromatic carbocycles. The number of benzene rings is 1. The Balaban J connectivity index is 2.09. The van der Waals surface area contributed by atoms with Gasteiger partial charge in [-0.25, -0.2) is 0 Å². The first kappa shape index (κ1) is 13.3. The van der Waals surface area contributed by atoms with E-state index in [1.165, 1.54) is 11.3 Å². The van der Waals surface area contributed by atoms with Gasteiger partial charge in [0, 0.05) is 17.5 Å². The Morgan fingerprint density at radius 2 is 2.35 bits per heavy atom. The zero-order valence-electron chi connectivity index (χ0n) is 10.7. The van der Waals surface area contributed by atoms with E-state index < -0.39 is 6.10 Å². The topological polar surface area (TPSA) is 43.4 Å². The molecule has 3 nitrogen and oxygen atoms in total. The van der Waals surface area contributed by atoms with Crippen molar-refractivity contribution in [3.8, 4) is 5.75 Å². The number of carbonyl (C=O) groups excluding carboxylic acids is 2. The lowest BCUT2D eigenvalue weighted by Gasteiger charge is -2.10. The average Bonchev–Trinajstić information content (AvgIpc) is 3.10. The maximum Gasteiger partial charge on any atom is 0.204 e. The number of hydrogen-bond donors (Lipinski definition) is 0. The van der Waals surface area contributed by atoms with Crippen LogP contribution in [0.5, 0.6) is 5.75 Å². The van der Waals surface area contributed by atoms with Crippen LogP contribution in [0.2, 0.25) is 5.02 Å². The van der Waals surface area contributed by atoms with Crippen molar-refractivity contribution in [2.45, 2.75) is 19.4 Å². The quantitative estimate of drug-likeness (QED) is 0.644. The second kappa shape index (κ2) is 5.04. The van der Waals surface area contributed by atoms with Crippen molar-refractivity contribution in [3.63, 3.8) is 0 Å². The minimum Gasteiger partial charge on any atom is -0.482 e. The van der Waals surface area contributed by atoms with E-state index in [9.17, 15) is 9.59 Å². The van der Waals surface area contributed by atoms with Crippen LogP contribution in [0.25, 0.3) is 0 Å². The Labute approximate surface area is 125 Å². The first-order chi connectivity index (χ1) is 9.61. The second-order valence-electron chi connectivity index (χ2n) is 4.65. The molecular formula is C15H11ClO3S. The number of thiophene rings is 1. The van der Waals surface area contributed by atoms with Crippen molar-refractivity contribution in [1.82, 2.24) is 0 Å². The highest BCUT2D eigenvalue weighted by Crippen LogP contribution is 2.39. The van der Waals surface area contributed by atoms with Crippen LogP contribution in [0, 0.1) is 6.92 Å². The van der Waals surface area contributed by atoms with Gasteiger partial charge in [0.15, 0.2) is 12.4 Å². The SMILES string of the molecule is Cc1c(Cl)c(C(=O)c2cccs2)cc2c1OC(C=O)C2. The molecule has 0 saturated heterocycles. The van der Waals surface area contributed by atoms with Crippen LogP contribution < -0.4 is 4.74 Å². The van der Waals surface area contributed by atoms with Crippen molar-refractivity contribution in [3.05, 3.63) is 50.2 Å². The summed E-state index contributed by atoms with van der Waals surface area (Å²) in [6.07, 6.45) is 0.780. The number of halogens is 1. The zero-order valence-corrected chi connectivity index (χ0v) is 12.3. The molecular weight excluding hydrogens is 296 g/mol. The van der Waals surface area contributed by atoms with Crippen molar-refractivity contribution < 1.29 is 14.3 Å². The summed E-state index contributed by atoms with van der Waals surface area (Å²) in [5.41, 5.74) is 2.05. The van der Waals surface area contributed by atoms with Crippen molar-refractivity contribution in [2.75, 3.05) is 0 Å². The lowest BCUT2D eigenvalue weighted by atomic mass is 10.00. The highest BCUT2D eigenvalue weighted by molar-refractivity contribution is 7.12. The van der Waals surface area contributed by atoms with Gasteiger partial charge in [0.1, 0.15) is 5.75 Å². The van der Waals surface area contributed by atoms with E-state index in [1.54, 1.807) is 19.1 Å². The van der Waals surface area contributed by atoms with Crippen LogP contribution in [0.4, 0.5) is 0 Å². The molecule has 0 fully saturated rings. The Kier molecular flexibility index (Phi) is 3.36. The summed E-state index contributed by atoms with van der Waals surface area (Å²) in [6, 6.07) is 5.35. The fraction of sp³-hybridized carbons (Fsp3) is 0.200. The van der Waals surface area contributed by atoms with Gasteiger partial charge >= 0.3 is 0 Å². The molecule has 0 amide bonds. The predicted octanol–water partition coefficient (Wildman–Crippen LogP) is 3.44. The van der Waals surface area contributed by atoms with E-state index in [2.05, 4.69) is 0 Å².